The smallest absolute Gasteiger partial charge is 0.274 e. The van der Waals surface area contributed by atoms with Crippen LogP contribution in [0.3, 0.4) is 0 Å². The van der Waals surface area contributed by atoms with Crippen LogP contribution in [0.25, 0.3) is 0 Å². The lowest BCUT2D eigenvalue weighted by atomic mass is 10.0. The van der Waals surface area contributed by atoms with Gasteiger partial charge in [0.1, 0.15) is 11.5 Å². The number of nitrogens with zero attached hydrogens (tertiary/aromatic N) is 3. The largest absolute Gasteiger partial charge is 0.503 e. The molecule has 0 spiro atoms. The molecule has 0 unspecified atom stereocenters. The first kappa shape index (κ1) is 19.2. The zero-order valence-electron chi connectivity index (χ0n) is 15.5. The Morgan fingerprint density at radius 3 is 2.62 bits per heavy atom. The summed E-state index contributed by atoms with van der Waals surface area (Å²) in [5.74, 6) is -2.23. The van der Waals surface area contributed by atoms with E-state index in [1.807, 2.05) is 0 Å². The molecule has 1 aromatic heterocycles. The first-order valence-corrected chi connectivity index (χ1v) is 9.33. The van der Waals surface area contributed by atoms with Crippen LogP contribution in [-0.2, 0) is 19.5 Å². The summed E-state index contributed by atoms with van der Waals surface area (Å²) >= 11 is 5.81. The van der Waals surface area contributed by atoms with Crippen molar-refractivity contribution in [3.63, 3.8) is 0 Å². The number of benzene rings is 1. The number of aromatic hydroxyl groups is 1. The molecule has 0 atom stereocenters. The van der Waals surface area contributed by atoms with Crippen molar-refractivity contribution in [1.82, 2.24) is 14.4 Å². The third-order valence-corrected chi connectivity index (χ3v) is 5.44. The second-order valence-corrected chi connectivity index (χ2v) is 7.39. The Balaban J connectivity index is 1.78. The van der Waals surface area contributed by atoms with Gasteiger partial charge in [0.2, 0.25) is 5.43 Å². The third kappa shape index (κ3) is 3.09. The molecule has 0 saturated carbocycles. The summed E-state index contributed by atoms with van der Waals surface area (Å²) in [7, 11) is 1.56. The molecule has 0 aliphatic carbocycles. The normalized spacial score (nSPS) is 16.0. The highest BCUT2D eigenvalue weighted by Crippen LogP contribution is 2.27. The Hall–Kier alpha value is -3.13. The predicted molar refractivity (Wildman–Crippen MR) is 103 cm³/mol. The zero-order chi connectivity index (χ0) is 20.9. The Morgan fingerprint density at radius 1 is 1.14 bits per heavy atom. The van der Waals surface area contributed by atoms with Crippen LogP contribution in [0.15, 0.2) is 35.3 Å². The first-order valence-electron chi connectivity index (χ1n) is 8.95. The average molecular weight is 418 g/mol. The molecule has 3 heterocycles. The number of aromatic nitrogens is 1. The van der Waals surface area contributed by atoms with Crippen LogP contribution in [-0.4, -0.2) is 44.9 Å². The van der Waals surface area contributed by atoms with E-state index < -0.39 is 28.8 Å². The topological polar surface area (TPSA) is 82.8 Å². The fraction of sp³-hybridized carbons (Fsp3) is 0.250. The molecule has 2 aliphatic heterocycles. The number of halogens is 2. The molecule has 0 bridgehead atoms. The molecule has 1 N–H and O–H groups in total. The molecule has 4 rings (SSSR count). The van der Waals surface area contributed by atoms with Crippen LogP contribution in [0.4, 0.5) is 4.39 Å². The van der Waals surface area contributed by atoms with Gasteiger partial charge in [-0.1, -0.05) is 23.7 Å². The van der Waals surface area contributed by atoms with Crippen LogP contribution in [0.2, 0.25) is 5.02 Å². The molecule has 0 fully saturated rings. The molecule has 29 heavy (non-hydrogen) atoms. The molecular weight excluding hydrogens is 401 g/mol. The van der Waals surface area contributed by atoms with Gasteiger partial charge in [-0.3, -0.25) is 14.4 Å². The van der Waals surface area contributed by atoms with Gasteiger partial charge in [-0.25, -0.2) is 4.39 Å². The van der Waals surface area contributed by atoms with Crippen LogP contribution in [0, 0.1) is 5.82 Å². The Kier molecular flexibility index (Phi) is 4.66. The van der Waals surface area contributed by atoms with E-state index in [1.165, 1.54) is 32.6 Å². The van der Waals surface area contributed by atoms with Crippen molar-refractivity contribution in [2.45, 2.75) is 19.5 Å². The van der Waals surface area contributed by atoms with Crippen LogP contribution >= 0.6 is 11.6 Å². The fourth-order valence-corrected chi connectivity index (χ4v) is 3.88. The summed E-state index contributed by atoms with van der Waals surface area (Å²) in [4.78, 5) is 41.3. The molecular formula is C20H17ClFN3O4. The highest BCUT2D eigenvalue weighted by molar-refractivity contribution is 6.30. The van der Waals surface area contributed by atoms with Gasteiger partial charge in [-0.15, -0.1) is 0 Å². The number of hydrogen-bond acceptors (Lipinski definition) is 4. The van der Waals surface area contributed by atoms with Gasteiger partial charge in [0.05, 0.1) is 5.02 Å². The number of carbonyl (C=O) groups is 2. The van der Waals surface area contributed by atoms with Crippen molar-refractivity contribution in [3.8, 4) is 5.75 Å². The average Bonchev–Trinajstić information content (AvgIpc) is 2.83. The van der Waals surface area contributed by atoms with Gasteiger partial charge in [0.15, 0.2) is 11.4 Å². The maximum atomic E-state index is 13.4. The van der Waals surface area contributed by atoms with E-state index >= 15 is 0 Å². The number of fused-ring (bicyclic) bond motifs is 3. The van der Waals surface area contributed by atoms with Gasteiger partial charge in [-0.2, -0.15) is 0 Å². The van der Waals surface area contributed by atoms with Crippen LogP contribution < -0.4 is 5.43 Å². The van der Waals surface area contributed by atoms with E-state index in [2.05, 4.69) is 0 Å². The monoisotopic (exact) mass is 417 g/mol. The minimum absolute atomic E-state index is 0.0575. The van der Waals surface area contributed by atoms with Gasteiger partial charge < -0.3 is 19.5 Å². The lowest BCUT2D eigenvalue weighted by Gasteiger charge is -2.32. The maximum Gasteiger partial charge on any atom is 0.274 e. The second-order valence-electron chi connectivity index (χ2n) is 6.99. The van der Waals surface area contributed by atoms with E-state index in [9.17, 15) is 23.9 Å². The summed E-state index contributed by atoms with van der Waals surface area (Å²) in [6, 6.07) is 4.15. The molecule has 1 aromatic carbocycles. The van der Waals surface area contributed by atoms with Crippen molar-refractivity contribution < 1.29 is 19.1 Å². The van der Waals surface area contributed by atoms with E-state index in [0.717, 1.165) is 0 Å². The number of amides is 2. The first-order chi connectivity index (χ1) is 13.8. The highest BCUT2D eigenvalue weighted by Gasteiger charge is 2.35. The fourth-order valence-electron chi connectivity index (χ4n) is 3.68. The SMILES string of the molecule is CN1C=CCc2c(n3c(c(O)c2=O)C(=O)N(Cc2ccc(F)c(Cl)c2)CC3)C1=O. The van der Waals surface area contributed by atoms with Gasteiger partial charge in [-0.05, 0) is 24.1 Å². The van der Waals surface area contributed by atoms with Crippen molar-refractivity contribution in [1.29, 1.82) is 0 Å². The van der Waals surface area contributed by atoms with E-state index in [4.69, 9.17) is 11.6 Å². The molecule has 2 aromatic rings. The highest BCUT2D eigenvalue weighted by atomic mass is 35.5. The van der Waals surface area contributed by atoms with Crippen molar-refractivity contribution >= 4 is 23.4 Å². The number of pyridine rings is 1. The number of allylic oxidation sites excluding steroid dienone is 1. The van der Waals surface area contributed by atoms with E-state index in [-0.39, 0.29) is 48.0 Å². The summed E-state index contributed by atoms with van der Waals surface area (Å²) < 4.78 is 14.8. The Labute approximate surface area is 170 Å². The van der Waals surface area contributed by atoms with Crippen molar-refractivity contribution in [2.75, 3.05) is 13.6 Å². The van der Waals surface area contributed by atoms with Crippen LogP contribution in [0.1, 0.15) is 32.1 Å². The quantitative estimate of drug-likeness (QED) is 0.811. The lowest BCUT2D eigenvalue weighted by molar-refractivity contribution is 0.0676. The summed E-state index contributed by atoms with van der Waals surface area (Å²) in [5.41, 5.74) is -0.0391. The number of rotatable bonds is 2. The van der Waals surface area contributed by atoms with Gasteiger partial charge >= 0.3 is 0 Å². The molecule has 0 radical (unpaired) electrons. The summed E-state index contributed by atoms with van der Waals surface area (Å²) in [6.07, 6.45) is 3.40. The van der Waals surface area contributed by atoms with Crippen molar-refractivity contribution in [3.05, 3.63) is 74.1 Å². The number of hydrogen-bond donors (Lipinski definition) is 1. The molecule has 150 valence electrons. The molecule has 0 saturated heterocycles. The second kappa shape index (κ2) is 7.04. The molecule has 2 aliphatic rings. The Bertz CT molecular complexity index is 1140. The van der Waals surface area contributed by atoms with E-state index in [0.29, 0.717) is 5.56 Å². The molecule has 7 nitrogen and oxygen atoms in total. The van der Waals surface area contributed by atoms with Gasteiger partial charge in [0.25, 0.3) is 11.8 Å². The third-order valence-electron chi connectivity index (χ3n) is 5.15. The van der Waals surface area contributed by atoms with Crippen LogP contribution in [0.5, 0.6) is 5.75 Å². The molecule has 2 amide bonds. The Morgan fingerprint density at radius 2 is 1.90 bits per heavy atom. The van der Waals surface area contributed by atoms with E-state index in [1.54, 1.807) is 19.3 Å². The maximum absolute atomic E-state index is 13.4. The minimum Gasteiger partial charge on any atom is -0.503 e. The van der Waals surface area contributed by atoms with Gasteiger partial charge in [0, 0.05) is 38.4 Å². The summed E-state index contributed by atoms with van der Waals surface area (Å²) in [5, 5.41) is 10.4. The van der Waals surface area contributed by atoms with Crippen molar-refractivity contribution in [2.24, 2.45) is 0 Å². The molecule has 9 heteroatoms. The number of carbonyl (C=O) groups excluding carboxylic acids is 2. The minimum atomic E-state index is -0.723. The standard InChI is InChI=1S/C20H17ClFN3O4/c1-23-6-2-3-12-15(19(23)28)25-8-7-24(20(29)16(25)18(27)17(12)26)10-11-4-5-14(22)13(21)9-11/h2,4-6,9,27H,3,7-8,10H2,1H3. The lowest BCUT2D eigenvalue weighted by Crippen LogP contribution is -2.44. The zero-order valence-corrected chi connectivity index (χ0v) is 16.2. The summed E-state index contributed by atoms with van der Waals surface area (Å²) in [6.45, 7) is 0.602. The predicted octanol–water partition coefficient (Wildman–Crippen LogP) is 2.14.